The first-order valence-corrected chi connectivity index (χ1v) is 6.40. The van der Waals surface area contributed by atoms with E-state index < -0.39 is 7.82 Å². The molecule has 0 aliphatic heterocycles. The Hall–Kier alpha value is -1.46. The van der Waals surface area contributed by atoms with Gasteiger partial charge in [0.15, 0.2) is 5.43 Å². The first-order valence-electron chi connectivity index (χ1n) is 4.91. The molecule has 0 amide bonds. The molecular weight excluding hydrogens is 259 g/mol. The number of fused-ring (bicyclic) bond motifs is 1. The molecule has 98 valence electrons. The van der Waals surface area contributed by atoms with Crippen LogP contribution in [0.2, 0.25) is 0 Å². The molecule has 0 saturated carbocycles. The Balaban J connectivity index is 0.000000203. The molecule has 1 heterocycles. The van der Waals surface area contributed by atoms with E-state index in [1.54, 1.807) is 12.1 Å². The van der Waals surface area contributed by atoms with Crippen molar-refractivity contribution in [3.63, 3.8) is 0 Å². The third-order valence-electron chi connectivity index (χ3n) is 2.03. The largest absolute Gasteiger partial charge is 0.471 e. The monoisotopic (exact) mass is 272 g/mol. The summed E-state index contributed by atoms with van der Waals surface area (Å²) in [5.41, 5.74) is 0.645. The number of rotatable bonds is 2. The van der Waals surface area contributed by atoms with Gasteiger partial charge in [0, 0.05) is 20.3 Å². The first kappa shape index (κ1) is 14.6. The highest BCUT2D eigenvalue weighted by atomic mass is 31.2. The zero-order valence-corrected chi connectivity index (χ0v) is 10.8. The van der Waals surface area contributed by atoms with Gasteiger partial charge in [0.25, 0.3) is 0 Å². The highest BCUT2D eigenvalue weighted by Crippen LogP contribution is 2.40. The summed E-state index contributed by atoms with van der Waals surface area (Å²) in [6.45, 7) is 0. The molecule has 0 aliphatic carbocycles. The number of phosphoric acid groups is 1. The zero-order valence-electron chi connectivity index (χ0n) is 9.90. The predicted molar refractivity (Wildman–Crippen MR) is 66.3 cm³/mol. The second kappa shape index (κ2) is 6.47. The van der Waals surface area contributed by atoms with Gasteiger partial charge in [0.2, 0.25) is 0 Å². The zero-order chi connectivity index (χ0) is 13.6. The molecule has 18 heavy (non-hydrogen) atoms. The molecule has 1 aromatic carbocycles. The smallest absolute Gasteiger partial charge is 0.464 e. The van der Waals surface area contributed by atoms with E-state index in [1.165, 1.54) is 12.3 Å². The lowest BCUT2D eigenvalue weighted by atomic mass is 10.2. The Bertz CT molecular complexity index is 592. The lowest BCUT2D eigenvalue weighted by Gasteiger charge is -2.01. The molecule has 0 radical (unpaired) electrons. The first-order chi connectivity index (χ1) is 8.50. The highest BCUT2D eigenvalue weighted by Gasteiger charge is 2.13. The van der Waals surface area contributed by atoms with Gasteiger partial charge in [-0.25, -0.2) is 4.57 Å². The molecule has 0 aliphatic rings. The summed E-state index contributed by atoms with van der Waals surface area (Å²) < 4.78 is 23.1. The van der Waals surface area contributed by atoms with E-state index in [4.69, 9.17) is 9.31 Å². The SMILES string of the molecule is COP(=O)(O)OC.O=c1ccoc2ccccc12. The fourth-order valence-electron chi connectivity index (χ4n) is 1.11. The van der Waals surface area contributed by atoms with Gasteiger partial charge >= 0.3 is 7.82 Å². The Morgan fingerprint density at radius 3 is 2.28 bits per heavy atom. The quantitative estimate of drug-likeness (QED) is 0.843. The number of benzene rings is 1. The molecular formula is C11H13O6P. The summed E-state index contributed by atoms with van der Waals surface area (Å²) in [6.07, 6.45) is 1.41. The van der Waals surface area contributed by atoms with Crippen molar-refractivity contribution in [2.24, 2.45) is 0 Å². The summed E-state index contributed by atoms with van der Waals surface area (Å²) in [6, 6.07) is 8.60. The molecule has 7 heteroatoms. The van der Waals surface area contributed by atoms with E-state index in [0.717, 1.165) is 14.2 Å². The molecule has 1 aromatic heterocycles. The summed E-state index contributed by atoms with van der Waals surface area (Å²) in [4.78, 5) is 19.4. The van der Waals surface area contributed by atoms with Crippen LogP contribution in [-0.4, -0.2) is 19.1 Å². The Morgan fingerprint density at radius 2 is 1.78 bits per heavy atom. The molecule has 2 aromatic rings. The fourth-order valence-corrected chi connectivity index (χ4v) is 1.26. The minimum Gasteiger partial charge on any atom is -0.464 e. The fraction of sp³-hybridized carbons (Fsp3) is 0.182. The summed E-state index contributed by atoms with van der Waals surface area (Å²) >= 11 is 0. The second-order valence-corrected chi connectivity index (χ2v) is 4.78. The van der Waals surface area contributed by atoms with Crippen LogP contribution in [0, 0.1) is 0 Å². The van der Waals surface area contributed by atoms with Gasteiger partial charge in [-0.05, 0) is 12.1 Å². The van der Waals surface area contributed by atoms with E-state index in [1.807, 2.05) is 12.1 Å². The lowest BCUT2D eigenvalue weighted by molar-refractivity contribution is 0.204. The summed E-state index contributed by atoms with van der Waals surface area (Å²) in [7, 11) is -1.45. The van der Waals surface area contributed by atoms with Crippen molar-refractivity contribution in [2.45, 2.75) is 0 Å². The summed E-state index contributed by atoms with van der Waals surface area (Å²) in [5.74, 6) is 0. The van der Waals surface area contributed by atoms with Crippen LogP contribution in [0.15, 0.2) is 45.8 Å². The van der Waals surface area contributed by atoms with Gasteiger partial charge in [0.05, 0.1) is 11.6 Å². The number of hydrogen-bond donors (Lipinski definition) is 1. The summed E-state index contributed by atoms with van der Waals surface area (Å²) in [5, 5.41) is 0.634. The van der Waals surface area contributed by atoms with Gasteiger partial charge in [-0.3, -0.25) is 13.8 Å². The lowest BCUT2D eigenvalue weighted by Crippen LogP contribution is -1.96. The molecule has 6 nitrogen and oxygen atoms in total. The van der Waals surface area contributed by atoms with Crippen LogP contribution in [0.25, 0.3) is 11.0 Å². The van der Waals surface area contributed by atoms with Crippen molar-refractivity contribution in [3.05, 3.63) is 46.8 Å². The molecule has 0 saturated heterocycles. The number of phosphoric ester groups is 1. The van der Waals surface area contributed by atoms with Gasteiger partial charge in [-0.1, -0.05) is 12.1 Å². The Morgan fingerprint density at radius 1 is 1.17 bits per heavy atom. The normalized spacial score (nSPS) is 10.8. The third kappa shape index (κ3) is 4.09. The van der Waals surface area contributed by atoms with Crippen LogP contribution < -0.4 is 5.43 Å². The minimum atomic E-state index is -3.65. The Labute approximate surface area is 103 Å². The van der Waals surface area contributed by atoms with Gasteiger partial charge in [-0.2, -0.15) is 0 Å². The van der Waals surface area contributed by atoms with Crippen LogP contribution in [0.5, 0.6) is 0 Å². The van der Waals surface area contributed by atoms with Crippen molar-refractivity contribution in [1.29, 1.82) is 0 Å². The average Bonchev–Trinajstić information content (AvgIpc) is 2.40. The molecule has 0 unspecified atom stereocenters. The molecule has 0 spiro atoms. The topological polar surface area (TPSA) is 86.0 Å². The van der Waals surface area contributed by atoms with E-state index in [2.05, 4.69) is 9.05 Å². The van der Waals surface area contributed by atoms with Crippen LogP contribution in [0.4, 0.5) is 0 Å². The van der Waals surface area contributed by atoms with E-state index in [9.17, 15) is 9.36 Å². The van der Waals surface area contributed by atoms with Crippen molar-refractivity contribution >= 4 is 18.8 Å². The van der Waals surface area contributed by atoms with Gasteiger partial charge < -0.3 is 9.31 Å². The van der Waals surface area contributed by atoms with Gasteiger partial charge in [0.1, 0.15) is 5.58 Å². The number of hydrogen-bond acceptors (Lipinski definition) is 5. The Kier molecular flexibility index (Phi) is 5.25. The molecule has 0 fully saturated rings. The van der Waals surface area contributed by atoms with Crippen molar-refractivity contribution in [1.82, 2.24) is 0 Å². The molecule has 0 bridgehead atoms. The highest BCUT2D eigenvalue weighted by molar-refractivity contribution is 7.47. The molecule has 0 atom stereocenters. The van der Waals surface area contributed by atoms with Crippen molar-refractivity contribution < 1.29 is 22.9 Å². The van der Waals surface area contributed by atoms with Crippen molar-refractivity contribution in [3.8, 4) is 0 Å². The van der Waals surface area contributed by atoms with E-state index >= 15 is 0 Å². The second-order valence-electron chi connectivity index (χ2n) is 3.11. The maximum absolute atomic E-state index is 11.1. The predicted octanol–water partition coefficient (Wildman–Crippen LogP) is 2.17. The third-order valence-corrected chi connectivity index (χ3v) is 2.95. The maximum Gasteiger partial charge on any atom is 0.471 e. The van der Waals surface area contributed by atoms with E-state index in [0.29, 0.717) is 11.0 Å². The van der Waals surface area contributed by atoms with Crippen molar-refractivity contribution in [2.75, 3.05) is 14.2 Å². The van der Waals surface area contributed by atoms with Crippen LogP contribution in [0.3, 0.4) is 0 Å². The van der Waals surface area contributed by atoms with E-state index in [-0.39, 0.29) is 5.43 Å². The standard InChI is InChI=1S/C9H6O2.C2H7O4P/c10-8-5-6-11-9-4-2-1-3-7(8)9;1-5-7(3,4)6-2/h1-6H;1-2H3,(H,3,4). The molecule has 2 rings (SSSR count). The minimum absolute atomic E-state index is 0.00634. The average molecular weight is 272 g/mol. The van der Waals surface area contributed by atoms with Crippen LogP contribution >= 0.6 is 7.82 Å². The van der Waals surface area contributed by atoms with Crippen LogP contribution in [-0.2, 0) is 13.6 Å². The maximum atomic E-state index is 11.1. The van der Waals surface area contributed by atoms with Crippen LogP contribution in [0.1, 0.15) is 0 Å². The van der Waals surface area contributed by atoms with Gasteiger partial charge in [-0.15, -0.1) is 0 Å². The number of para-hydroxylation sites is 1. The molecule has 1 N–H and O–H groups in total.